The van der Waals surface area contributed by atoms with Crippen molar-refractivity contribution in [2.75, 3.05) is 13.1 Å². The number of hydrogen-bond acceptors (Lipinski definition) is 4. The number of nitrogens with one attached hydrogen (secondary N) is 1. The Morgan fingerprint density at radius 1 is 1.15 bits per heavy atom. The number of carbonyl (C=O) groups excluding carboxylic acids is 2. The average Bonchev–Trinajstić information content (AvgIpc) is 3.07. The fourth-order valence-corrected chi connectivity index (χ4v) is 2.75. The maximum absolute atomic E-state index is 12.0. The zero-order chi connectivity index (χ0) is 18.9. The average molecular weight is 357 g/mol. The quantitative estimate of drug-likeness (QED) is 0.746. The van der Waals surface area contributed by atoms with E-state index < -0.39 is 0 Å². The molecule has 26 heavy (non-hydrogen) atoms. The van der Waals surface area contributed by atoms with Crippen LogP contribution in [0.15, 0.2) is 30.7 Å². The van der Waals surface area contributed by atoms with Crippen LogP contribution in [0.2, 0.25) is 0 Å². The summed E-state index contributed by atoms with van der Waals surface area (Å²) in [6, 6.07) is 3.80. The largest absolute Gasteiger partial charge is 0.352 e. The fourth-order valence-electron chi connectivity index (χ4n) is 2.75. The molecule has 0 fully saturated rings. The summed E-state index contributed by atoms with van der Waals surface area (Å²) in [6.45, 7) is 7.69. The Bertz CT molecular complexity index is 737. The third kappa shape index (κ3) is 5.40. The zero-order valence-electron chi connectivity index (χ0n) is 15.7. The van der Waals surface area contributed by atoms with Gasteiger partial charge in [0.2, 0.25) is 11.8 Å². The highest BCUT2D eigenvalue weighted by atomic mass is 16.2. The standard InChI is InChI=1S/C19H27N5O2/c1-4-23(5-2)19(26)8-6-7-18(25)22-14-16-9-10-21-17(13-16)24-12-11-20-15(24)3/h9-13H,4-8,14H2,1-3H3,(H,22,25). The van der Waals surface area contributed by atoms with E-state index in [1.54, 1.807) is 17.3 Å². The van der Waals surface area contributed by atoms with Crippen LogP contribution in [0.1, 0.15) is 44.5 Å². The van der Waals surface area contributed by atoms with Gasteiger partial charge < -0.3 is 10.2 Å². The van der Waals surface area contributed by atoms with E-state index in [0.717, 1.165) is 17.2 Å². The van der Waals surface area contributed by atoms with E-state index in [1.165, 1.54) is 0 Å². The van der Waals surface area contributed by atoms with Crippen LogP contribution in [-0.4, -0.2) is 44.3 Å². The highest BCUT2D eigenvalue weighted by Gasteiger charge is 2.10. The fraction of sp³-hybridized carbons (Fsp3) is 0.474. The summed E-state index contributed by atoms with van der Waals surface area (Å²) in [7, 11) is 0. The minimum absolute atomic E-state index is 0.0467. The van der Waals surface area contributed by atoms with Crippen LogP contribution >= 0.6 is 0 Å². The van der Waals surface area contributed by atoms with Gasteiger partial charge in [0.05, 0.1) is 0 Å². The van der Waals surface area contributed by atoms with E-state index in [2.05, 4.69) is 15.3 Å². The van der Waals surface area contributed by atoms with Crippen molar-refractivity contribution in [2.45, 2.75) is 46.6 Å². The molecule has 2 rings (SSSR count). The summed E-state index contributed by atoms with van der Waals surface area (Å²) in [5.41, 5.74) is 0.968. The summed E-state index contributed by atoms with van der Waals surface area (Å²) in [5, 5.41) is 2.90. The molecular weight excluding hydrogens is 330 g/mol. The number of nitrogens with zero attached hydrogens (tertiary/aromatic N) is 4. The van der Waals surface area contributed by atoms with Gasteiger partial charge in [0.1, 0.15) is 11.6 Å². The monoisotopic (exact) mass is 357 g/mol. The highest BCUT2D eigenvalue weighted by molar-refractivity contribution is 5.78. The molecule has 0 aliphatic rings. The molecule has 140 valence electrons. The first-order valence-electron chi connectivity index (χ1n) is 9.04. The Hall–Kier alpha value is -2.70. The molecular formula is C19H27N5O2. The smallest absolute Gasteiger partial charge is 0.222 e. The van der Waals surface area contributed by atoms with Crippen molar-refractivity contribution in [1.29, 1.82) is 0 Å². The Balaban J connectivity index is 1.79. The van der Waals surface area contributed by atoms with Crippen molar-refractivity contribution < 1.29 is 9.59 Å². The van der Waals surface area contributed by atoms with Gasteiger partial charge in [-0.05, 0) is 44.9 Å². The molecule has 7 heteroatoms. The van der Waals surface area contributed by atoms with Gasteiger partial charge in [-0.15, -0.1) is 0 Å². The van der Waals surface area contributed by atoms with Crippen LogP contribution in [0, 0.1) is 6.92 Å². The lowest BCUT2D eigenvalue weighted by atomic mass is 10.2. The molecule has 2 aromatic rings. The Kier molecular flexibility index (Phi) is 7.32. The molecule has 2 heterocycles. The van der Waals surface area contributed by atoms with Gasteiger partial charge in [-0.2, -0.15) is 0 Å². The second kappa shape index (κ2) is 9.70. The maximum atomic E-state index is 12.0. The highest BCUT2D eigenvalue weighted by Crippen LogP contribution is 2.09. The van der Waals surface area contributed by atoms with Crippen LogP contribution < -0.4 is 5.32 Å². The van der Waals surface area contributed by atoms with Gasteiger partial charge in [0.15, 0.2) is 0 Å². The van der Waals surface area contributed by atoms with Crippen molar-refractivity contribution in [1.82, 2.24) is 24.8 Å². The molecule has 2 amide bonds. The number of rotatable bonds is 9. The Labute approximate surface area is 154 Å². The predicted molar refractivity (Wildman–Crippen MR) is 99.7 cm³/mol. The van der Waals surface area contributed by atoms with Crippen LogP contribution in [-0.2, 0) is 16.1 Å². The normalized spacial score (nSPS) is 10.6. The molecule has 0 aliphatic heterocycles. The minimum Gasteiger partial charge on any atom is -0.352 e. The Morgan fingerprint density at radius 3 is 2.58 bits per heavy atom. The topological polar surface area (TPSA) is 80.1 Å². The number of amides is 2. The number of hydrogen-bond donors (Lipinski definition) is 1. The van der Waals surface area contributed by atoms with E-state index in [9.17, 15) is 9.59 Å². The lowest BCUT2D eigenvalue weighted by molar-refractivity contribution is -0.131. The number of imidazole rings is 1. The van der Waals surface area contributed by atoms with Crippen LogP contribution in [0.4, 0.5) is 0 Å². The summed E-state index contributed by atoms with van der Waals surface area (Å²) in [5.74, 6) is 1.69. The van der Waals surface area contributed by atoms with E-state index in [0.29, 0.717) is 38.9 Å². The van der Waals surface area contributed by atoms with Crippen LogP contribution in [0.25, 0.3) is 5.82 Å². The third-order valence-electron chi connectivity index (χ3n) is 4.28. The van der Waals surface area contributed by atoms with Crippen molar-refractivity contribution in [2.24, 2.45) is 0 Å². The van der Waals surface area contributed by atoms with Gasteiger partial charge in [0.25, 0.3) is 0 Å². The van der Waals surface area contributed by atoms with Crippen molar-refractivity contribution in [3.8, 4) is 5.82 Å². The van der Waals surface area contributed by atoms with E-state index in [1.807, 2.05) is 43.7 Å². The number of pyridine rings is 1. The SMILES string of the molecule is CCN(CC)C(=O)CCCC(=O)NCc1ccnc(-n2ccnc2C)c1. The lowest BCUT2D eigenvalue weighted by Crippen LogP contribution is -2.30. The second-order valence-electron chi connectivity index (χ2n) is 6.06. The minimum atomic E-state index is -0.0467. The van der Waals surface area contributed by atoms with Gasteiger partial charge in [-0.1, -0.05) is 0 Å². The first-order valence-corrected chi connectivity index (χ1v) is 9.04. The molecule has 0 bridgehead atoms. The number of carbonyl (C=O) groups is 2. The summed E-state index contributed by atoms with van der Waals surface area (Å²) in [6.07, 6.45) is 6.63. The molecule has 7 nitrogen and oxygen atoms in total. The van der Waals surface area contributed by atoms with E-state index >= 15 is 0 Å². The van der Waals surface area contributed by atoms with Crippen LogP contribution in [0.5, 0.6) is 0 Å². The van der Waals surface area contributed by atoms with E-state index in [-0.39, 0.29) is 11.8 Å². The van der Waals surface area contributed by atoms with Gasteiger partial charge in [0, 0.05) is 51.1 Å². The molecule has 2 aromatic heterocycles. The van der Waals surface area contributed by atoms with Crippen molar-refractivity contribution in [3.63, 3.8) is 0 Å². The molecule has 0 unspecified atom stereocenters. The Morgan fingerprint density at radius 2 is 1.92 bits per heavy atom. The summed E-state index contributed by atoms with van der Waals surface area (Å²) < 4.78 is 1.89. The molecule has 0 spiro atoms. The van der Waals surface area contributed by atoms with Crippen molar-refractivity contribution in [3.05, 3.63) is 42.1 Å². The van der Waals surface area contributed by atoms with E-state index in [4.69, 9.17) is 0 Å². The summed E-state index contributed by atoms with van der Waals surface area (Å²) >= 11 is 0. The molecule has 0 aromatic carbocycles. The predicted octanol–water partition coefficient (Wildman–Crippen LogP) is 2.23. The van der Waals surface area contributed by atoms with Gasteiger partial charge in [-0.3, -0.25) is 14.2 Å². The summed E-state index contributed by atoms with van der Waals surface area (Å²) in [4.78, 5) is 34.2. The molecule has 0 saturated heterocycles. The second-order valence-corrected chi connectivity index (χ2v) is 6.06. The van der Waals surface area contributed by atoms with Gasteiger partial charge >= 0.3 is 0 Å². The van der Waals surface area contributed by atoms with Gasteiger partial charge in [-0.25, -0.2) is 9.97 Å². The molecule has 0 atom stereocenters. The number of aromatic nitrogens is 3. The maximum Gasteiger partial charge on any atom is 0.222 e. The zero-order valence-corrected chi connectivity index (χ0v) is 15.7. The molecule has 0 aliphatic carbocycles. The molecule has 0 saturated carbocycles. The molecule has 0 radical (unpaired) electrons. The molecule has 1 N–H and O–H groups in total. The van der Waals surface area contributed by atoms with Crippen LogP contribution in [0.3, 0.4) is 0 Å². The third-order valence-corrected chi connectivity index (χ3v) is 4.28. The lowest BCUT2D eigenvalue weighted by Gasteiger charge is -2.18. The van der Waals surface area contributed by atoms with Crippen molar-refractivity contribution >= 4 is 11.8 Å². The first-order chi connectivity index (χ1) is 12.5. The number of aryl methyl sites for hydroxylation is 1. The first kappa shape index (κ1) is 19.6.